The van der Waals surface area contributed by atoms with Crippen LogP contribution in [0.4, 0.5) is 10.2 Å². The monoisotopic (exact) mass is 493 g/mol. The molecule has 10 heteroatoms. The molecule has 33 heavy (non-hydrogen) atoms. The molecule has 1 fully saturated rings. The second-order valence-corrected chi connectivity index (χ2v) is 9.28. The first kappa shape index (κ1) is 25.2. The number of halogens is 2. The number of unbranched alkanes of at least 4 members (excludes halogenated alkanes) is 2. The molecule has 1 aliphatic rings. The number of thioether (sulfide) groups is 1. The van der Waals surface area contributed by atoms with Crippen molar-refractivity contribution in [3.63, 3.8) is 0 Å². The van der Waals surface area contributed by atoms with E-state index in [0.29, 0.717) is 42.3 Å². The minimum absolute atomic E-state index is 0.0601. The predicted molar refractivity (Wildman–Crippen MR) is 129 cm³/mol. The molecule has 1 unspecified atom stereocenters. The molecule has 2 heterocycles. The van der Waals surface area contributed by atoms with Crippen LogP contribution in [0, 0.1) is 5.82 Å². The Balaban J connectivity index is 1.59. The fourth-order valence-corrected chi connectivity index (χ4v) is 4.56. The first-order chi connectivity index (χ1) is 15.9. The fourth-order valence-electron chi connectivity index (χ4n) is 3.65. The third-order valence-electron chi connectivity index (χ3n) is 5.41. The van der Waals surface area contributed by atoms with Crippen LogP contribution in [0.5, 0.6) is 0 Å². The number of anilines is 1. The van der Waals surface area contributed by atoms with Crippen molar-refractivity contribution in [3.8, 4) is 0 Å². The maximum atomic E-state index is 14.1. The number of aromatic nitrogens is 2. The number of hydrogen-bond donors (Lipinski definition) is 1. The number of rotatable bonds is 9. The van der Waals surface area contributed by atoms with Crippen molar-refractivity contribution in [1.29, 1.82) is 0 Å². The zero-order valence-corrected chi connectivity index (χ0v) is 20.5. The summed E-state index contributed by atoms with van der Waals surface area (Å²) in [6.07, 6.45) is 3.16. The number of carbonyl (C=O) groups excluding carboxylic acids is 2. The average molecular weight is 494 g/mol. The number of carbonyl (C=O) groups is 2. The molecule has 0 aliphatic carbocycles. The van der Waals surface area contributed by atoms with Crippen LogP contribution in [-0.2, 0) is 4.79 Å². The second kappa shape index (κ2) is 12.2. The lowest BCUT2D eigenvalue weighted by atomic mass is 10.1. The summed E-state index contributed by atoms with van der Waals surface area (Å²) in [5, 5.41) is 3.62. The highest BCUT2D eigenvalue weighted by Crippen LogP contribution is 2.25. The molecule has 1 saturated heterocycles. The van der Waals surface area contributed by atoms with Gasteiger partial charge in [-0.1, -0.05) is 55.3 Å². The van der Waals surface area contributed by atoms with Gasteiger partial charge in [0.2, 0.25) is 5.91 Å². The van der Waals surface area contributed by atoms with Crippen LogP contribution in [0.25, 0.3) is 0 Å². The number of benzene rings is 1. The van der Waals surface area contributed by atoms with Gasteiger partial charge >= 0.3 is 0 Å². The van der Waals surface area contributed by atoms with Gasteiger partial charge in [0.05, 0.1) is 11.3 Å². The Hall–Kier alpha value is -2.39. The Morgan fingerprint density at radius 2 is 2.03 bits per heavy atom. The van der Waals surface area contributed by atoms with E-state index in [2.05, 4.69) is 22.2 Å². The van der Waals surface area contributed by atoms with Gasteiger partial charge in [0.1, 0.15) is 16.8 Å². The number of amides is 2. The molecule has 1 aliphatic heterocycles. The lowest BCUT2D eigenvalue weighted by Gasteiger charge is -2.40. The van der Waals surface area contributed by atoms with Gasteiger partial charge in [0.25, 0.3) is 5.91 Å². The van der Waals surface area contributed by atoms with Crippen molar-refractivity contribution < 1.29 is 14.0 Å². The number of nitrogens with one attached hydrogen (secondary N) is 1. The van der Waals surface area contributed by atoms with Gasteiger partial charge in [-0.25, -0.2) is 14.4 Å². The van der Waals surface area contributed by atoms with E-state index in [1.165, 1.54) is 23.9 Å². The third-order valence-corrected chi connectivity index (χ3v) is 6.45. The normalized spacial score (nSPS) is 16.1. The largest absolute Gasteiger partial charge is 0.355 e. The Kier molecular flexibility index (Phi) is 9.31. The van der Waals surface area contributed by atoms with Crippen LogP contribution in [0.3, 0.4) is 0 Å². The van der Waals surface area contributed by atoms with E-state index in [0.717, 1.165) is 19.3 Å². The van der Waals surface area contributed by atoms with Crippen molar-refractivity contribution in [2.24, 2.45) is 0 Å². The maximum absolute atomic E-state index is 14.1. The Morgan fingerprint density at radius 1 is 1.24 bits per heavy atom. The molecular weight excluding hydrogens is 465 g/mol. The summed E-state index contributed by atoms with van der Waals surface area (Å²) in [5.74, 6) is -0.0356. The average Bonchev–Trinajstić information content (AvgIpc) is 2.80. The van der Waals surface area contributed by atoms with Crippen LogP contribution in [0.1, 0.15) is 43.5 Å². The summed E-state index contributed by atoms with van der Waals surface area (Å²) in [5.41, 5.74) is 0.0783. The molecule has 0 radical (unpaired) electrons. The van der Waals surface area contributed by atoms with Gasteiger partial charge in [-0.2, -0.15) is 0 Å². The van der Waals surface area contributed by atoms with Gasteiger partial charge in [0.15, 0.2) is 5.16 Å². The SMILES string of the molecule is CCCCCNC(=O)CSc1nc(Cl)cc(N2CCN(C(=O)c3ccccc3F)C(C)C2)n1. The molecule has 3 rings (SSSR count). The second-order valence-electron chi connectivity index (χ2n) is 7.95. The lowest BCUT2D eigenvalue weighted by Crippen LogP contribution is -2.54. The molecular formula is C23H29ClFN5O2S. The van der Waals surface area contributed by atoms with Crippen LogP contribution in [0.15, 0.2) is 35.5 Å². The van der Waals surface area contributed by atoms with Crippen molar-refractivity contribution in [2.45, 2.75) is 44.3 Å². The van der Waals surface area contributed by atoms with E-state index in [4.69, 9.17) is 11.6 Å². The van der Waals surface area contributed by atoms with E-state index in [9.17, 15) is 14.0 Å². The maximum Gasteiger partial charge on any atom is 0.257 e. The summed E-state index contributed by atoms with van der Waals surface area (Å²) < 4.78 is 14.1. The smallest absolute Gasteiger partial charge is 0.257 e. The lowest BCUT2D eigenvalue weighted by molar-refractivity contribution is -0.118. The van der Waals surface area contributed by atoms with Crippen LogP contribution >= 0.6 is 23.4 Å². The Labute approximate surface area is 203 Å². The van der Waals surface area contributed by atoms with Crippen molar-refractivity contribution >= 4 is 41.0 Å². The van der Waals surface area contributed by atoms with Crippen molar-refractivity contribution in [1.82, 2.24) is 20.2 Å². The molecule has 0 bridgehead atoms. The molecule has 7 nitrogen and oxygen atoms in total. The topological polar surface area (TPSA) is 78.4 Å². The zero-order valence-electron chi connectivity index (χ0n) is 18.9. The van der Waals surface area contributed by atoms with E-state index in [1.807, 2.05) is 11.8 Å². The molecule has 0 spiro atoms. The molecule has 2 aromatic rings. The first-order valence-corrected chi connectivity index (χ1v) is 12.5. The highest BCUT2D eigenvalue weighted by molar-refractivity contribution is 7.99. The van der Waals surface area contributed by atoms with Crippen LogP contribution in [-0.4, -0.2) is 64.7 Å². The first-order valence-electron chi connectivity index (χ1n) is 11.1. The van der Waals surface area contributed by atoms with Gasteiger partial charge in [0, 0.05) is 38.3 Å². The highest BCUT2D eigenvalue weighted by atomic mass is 35.5. The molecule has 1 aromatic heterocycles. The third kappa shape index (κ3) is 7.04. The van der Waals surface area contributed by atoms with Crippen LogP contribution < -0.4 is 10.2 Å². The van der Waals surface area contributed by atoms with Gasteiger partial charge in [-0.3, -0.25) is 9.59 Å². The summed E-state index contributed by atoms with van der Waals surface area (Å²) in [4.78, 5) is 37.4. The summed E-state index contributed by atoms with van der Waals surface area (Å²) in [6.45, 7) is 6.19. The Morgan fingerprint density at radius 3 is 2.76 bits per heavy atom. The standard InChI is InChI=1S/C23H29ClFN5O2S/c1-3-4-7-10-26-21(31)15-33-23-27-19(24)13-20(28-23)29-11-12-30(16(2)14-29)22(32)17-8-5-6-9-18(17)25/h5-6,8-9,13,16H,3-4,7,10-12,14-15H2,1-2H3,(H,26,31). The van der Waals surface area contributed by atoms with E-state index in [-0.39, 0.29) is 29.2 Å². The molecule has 1 N–H and O–H groups in total. The summed E-state index contributed by atoms with van der Waals surface area (Å²) in [7, 11) is 0. The van der Waals surface area contributed by atoms with Gasteiger partial charge in [-0.05, 0) is 25.5 Å². The highest BCUT2D eigenvalue weighted by Gasteiger charge is 2.30. The minimum Gasteiger partial charge on any atom is -0.355 e. The number of hydrogen-bond acceptors (Lipinski definition) is 6. The molecule has 2 amide bonds. The van der Waals surface area contributed by atoms with E-state index >= 15 is 0 Å². The molecule has 0 saturated carbocycles. The van der Waals surface area contributed by atoms with Gasteiger partial charge in [-0.15, -0.1) is 0 Å². The summed E-state index contributed by atoms with van der Waals surface area (Å²) >= 11 is 7.46. The summed E-state index contributed by atoms with van der Waals surface area (Å²) in [6, 6.07) is 7.55. The van der Waals surface area contributed by atoms with E-state index in [1.54, 1.807) is 23.1 Å². The predicted octanol–water partition coefficient (Wildman–Crippen LogP) is 4.02. The molecule has 1 aromatic carbocycles. The number of piperazine rings is 1. The molecule has 1 atom stereocenters. The zero-order chi connectivity index (χ0) is 23.8. The fraction of sp³-hybridized carbons (Fsp3) is 0.478. The quantitative estimate of drug-likeness (QED) is 0.246. The van der Waals surface area contributed by atoms with Crippen molar-refractivity contribution in [2.75, 3.05) is 36.8 Å². The number of nitrogens with zero attached hydrogens (tertiary/aromatic N) is 4. The molecule has 178 valence electrons. The minimum atomic E-state index is -0.518. The van der Waals surface area contributed by atoms with Crippen molar-refractivity contribution in [3.05, 3.63) is 46.9 Å². The van der Waals surface area contributed by atoms with Gasteiger partial charge < -0.3 is 15.1 Å². The Bertz CT molecular complexity index is 980. The van der Waals surface area contributed by atoms with Crippen LogP contribution in [0.2, 0.25) is 5.15 Å². The van der Waals surface area contributed by atoms with E-state index < -0.39 is 5.82 Å².